The third-order valence-corrected chi connectivity index (χ3v) is 4.20. The van der Waals surface area contributed by atoms with Gasteiger partial charge in [-0.25, -0.2) is 0 Å². The molecule has 128 valence electrons. The fourth-order valence-corrected chi connectivity index (χ4v) is 2.64. The molecule has 0 amide bonds. The van der Waals surface area contributed by atoms with Crippen molar-refractivity contribution in [3.8, 4) is 5.75 Å². The summed E-state index contributed by atoms with van der Waals surface area (Å²) < 4.78 is 5.17. The molecule has 4 nitrogen and oxygen atoms in total. The van der Waals surface area contributed by atoms with E-state index < -0.39 is 0 Å². The molecule has 0 aliphatic heterocycles. The summed E-state index contributed by atoms with van der Waals surface area (Å²) in [5, 5.41) is 4.01. The molecule has 0 spiro atoms. The number of hydrogen-bond acceptors (Lipinski definition) is 3. The van der Waals surface area contributed by atoms with Gasteiger partial charge in [0.25, 0.3) is 0 Å². The number of nitrogens with one attached hydrogen (secondary N) is 1. The average Bonchev–Trinajstić information content (AvgIpc) is 2.60. The summed E-state index contributed by atoms with van der Waals surface area (Å²) in [7, 11) is 5.75. The van der Waals surface area contributed by atoms with Gasteiger partial charge in [0.15, 0.2) is 5.11 Å². The number of hydrogen-bond donors (Lipinski definition) is 1. The molecule has 0 aromatic heterocycles. The van der Waals surface area contributed by atoms with E-state index in [-0.39, 0.29) is 0 Å². The van der Waals surface area contributed by atoms with E-state index in [0.717, 1.165) is 29.6 Å². The van der Waals surface area contributed by atoms with Crippen molar-refractivity contribution >= 4 is 28.7 Å². The fraction of sp³-hybridized carbons (Fsp3) is 0.316. The van der Waals surface area contributed by atoms with Crippen molar-refractivity contribution in [1.29, 1.82) is 0 Å². The van der Waals surface area contributed by atoms with Gasteiger partial charge in [-0.3, -0.25) is 0 Å². The van der Waals surface area contributed by atoms with E-state index >= 15 is 0 Å². The summed E-state index contributed by atoms with van der Waals surface area (Å²) >= 11 is 5.56. The van der Waals surface area contributed by atoms with Crippen molar-refractivity contribution in [3.05, 3.63) is 54.1 Å². The van der Waals surface area contributed by atoms with Crippen LogP contribution >= 0.6 is 12.2 Å². The fourth-order valence-electron chi connectivity index (χ4n) is 2.32. The molecule has 24 heavy (non-hydrogen) atoms. The van der Waals surface area contributed by atoms with Crippen LogP contribution in [0.25, 0.3) is 0 Å². The molecule has 2 aromatic carbocycles. The molecule has 2 rings (SSSR count). The molecule has 0 aliphatic carbocycles. The highest BCUT2D eigenvalue weighted by Gasteiger charge is 2.09. The predicted molar refractivity (Wildman–Crippen MR) is 106 cm³/mol. The molecule has 0 aliphatic rings. The maximum atomic E-state index is 5.56. The number of nitrogens with zero attached hydrogens (tertiary/aromatic N) is 2. The van der Waals surface area contributed by atoms with Gasteiger partial charge in [0.1, 0.15) is 5.75 Å². The summed E-state index contributed by atoms with van der Waals surface area (Å²) in [6.45, 7) is 3.74. The molecule has 1 N–H and O–H groups in total. The first-order chi connectivity index (χ1) is 11.5. The Labute approximate surface area is 150 Å². The number of methoxy groups -OCH3 is 1. The minimum Gasteiger partial charge on any atom is -0.497 e. The van der Waals surface area contributed by atoms with Gasteiger partial charge in [0.2, 0.25) is 0 Å². The van der Waals surface area contributed by atoms with Crippen LogP contribution in [0.3, 0.4) is 0 Å². The Morgan fingerprint density at radius 3 is 2.17 bits per heavy atom. The molecular weight excluding hydrogens is 318 g/mol. The van der Waals surface area contributed by atoms with Crippen molar-refractivity contribution in [2.45, 2.75) is 13.5 Å². The quantitative estimate of drug-likeness (QED) is 0.801. The topological polar surface area (TPSA) is 27.7 Å². The van der Waals surface area contributed by atoms with Crippen LogP contribution in [0.1, 0.15) is 12.5 Å². The first kappa shape index (κ1) is 18.1. The van der Waals surface area contributed by atoms with E-state index in [4.69, 9.17) is 17.0 Å². The van der Waals surface area contributed by atoms with E-state index in [2.05, 4.69) is 46.3 Å². The highest BCUT2D eigenvalue weighted by atomic mass is 32.1. The Morgan fingerprint density at radius 2 is 1.67 bits per heavy atom. The van der Waals surface area contributed by atoms with Crippen LogP contribution in [0.4, 0.5) is 11.4 Å². The minimum absolute atomic E-state index is 0.722. The summed E-state index contributed by atoms with van der Waals surface area (Å²) in [5.41, 5.74) is 3.39. The van der Waals surface area contributed by atoms with E-state index in [1.54, 1.807) is 7.11 Å². The van der Waals surface area contributed by atoms with Crippen molar-refractivity contribution in [2.24, 2.45) is 0 Å². The number of rotatable bonds is 6. The van der Waals surface area contributed by atoms with Crippen LogP contribution in [0.15, 0.2) is 48.5 Å². The first-order valence-electron chi connectivity index (χ1n) is 7.99. The molecule has 0 saturated heterocycles. The maximum Gasteiger partial charge on any atom is 0.173 e. The SMILES string of the molecule is CCN(Cc1ccc(N(C)C)cc1)C(=S)Nc1ccc(OC)cc1. The van der Waals surface area contributed by atoms with Gasteiger partial charge in [-0.1, -0.05) is 12.1 Å². The smallest absolute Gasteiger partial charge is 0.173 e. The van der Waals surface area contributed by atoms with Crippen molar-refractivity contribution in [2.75, 3.05) is 38.0 Å². The van der Waals surface area contributed by atoms with Crippen LogP contribution in [0, 0.1) is 0 Å². The van der Waals surface area contributed by atoms with Crippen LogP contribution in [-0.2, 0) is 6.54 Å². The van der Waals surface area contributed by atoms with Gasteiger partial charge in [-0.15, -0.1) is 0 Å². The molecule has 0 unspecified atom stereocenters. The van der Waals surface area contributed by atoms with Crippen LogP contribution in [0.2, 0.25) is 0 Å². The Balaban J connectivity index is 1.99. The van der Waals surface area contributed by atoms with E-state index in [1.807, 2.05) is 38.4 Å². The van der Waals surface area contributed by atoms with Gasteiger partial charge < -0.3 is 19.9 Å². The zero-order valence-corrected chi connectivity index (χ0v) is 15.6. The second kappa shape index (κ2) is 8.55. The van der Waals surface area contributed by atoms with Crippen LogP contribution in [-0.4, -0.2) is 37.8 Å². The van der Waals surface area contributed by atoms with Gasteiger partial charge >= 0.3 is 0 Å². The van der Waals surface area contributed by atoms with Gasteiger partial charge in [0, 0.05) is 38.6 Å². The molecule has 0 heterocycles. The maximum absolute atomic E-state index is 5.56. The molecule has 0 atom stereocenters. The van der Waals surface area contributed by atoms with Crippen molar-refractivity contribution in [3.63, 3.8) is 0 Å². The van der Waals surface area contributed by atoms with Crippen LogP contribution in [0.5, 0.6) is 5.75 Å². The number of benzene rings is 2. The third-order valence-electron chi connectivity index (χ3n) is 3.84. The molecule has 0 fully saturated rings. The Morgan fingerprint density at radius 1 is 1.04 bits per heavy atom. The number of ether oxygens (including phenoxy) is 1. The number of anilines is 2. The average molecular weight is 343 g/mol. The van der Waals surface area contributed by atoms with E-state index in [9.17, 15) is 0 Å². The lowest BCUT2D eigenvalue weighted by molar-refractivity contribution is 0.415. The number of thiocarbonyl (C=S) groups is 1. The molecule has 5 heteroatoms. The molecule has 2 aromatic rings. The van der Waals surface area contributed by atoms with Gasteiger partial charge in [-0.2, -0.15) is 0 Å². The standard InChI is InChI=1S/C19H25N3OS/c1-5-22(14-15-6-10-17(11-7-15)21(2)3)19(24)20-16-8-12-18(23-4)13-9-16/h6-13H,5,14H2,1-4H3,(H,20,24). The minimum atomic E-state index is 0.722. The lowest BCUT2D eigenvalue weighted by Gasteiger charge is -2.25. The lowest BCUT2D eigenvalue weighted by atomic mass is 10.2. The van der Waals surface area contributed by atoms with Gasteiger partial charge in [-0.05, 0) is 61.1 Å². The monoisotopic (exact) mass is 343 g/mol. The highest BCUT2D eigenvalue weighted by Crippen LogP contribution is 2.17. The third kappa shape index (κ3) is 4.86. The highest BCUT2D eigenvalue weighted by molar-refractivity contribution is 7.80. The van der Waals surface area contributed by atoms with Crippen molar-refractivity contribution in [1.82, 2.24) is 4.90 Å². The second-order valence-corrected chi connectivity index (χ2v) is 6.12. The molecule has 0 saturated carbocycles. The predicted octanol–water partition coefficient (Wildman–Crippen LogP) is 3.98. The zero-order valence-electron chi connectivity index (χ0n) is 14.7. The summed E-state index contributed by atoms with van der Waals surface area (Å²) in [5.74, 6) is 0.833. The van der Waals surface area contributed by atoms with Crippen LogP contribution < -0.4 is 15.0 Å². The van der Waals surface area contributed by atoms with E-state index in [1.165, 1.54) is 11.3 Å². The second-order valence-electron chi connectivity index (χ2n) is 5.73. The lowest BCUT2D eigenvalue weighted by Crippen LogP contribution is -2.34. The zero-order chi connectivity index (χ0) is 17.5. The molecule has 0 radical (unpaired) electrons. The summed E-state index contributed by atoms with van der Waals surface area (Å²) in [6.07, 6.45) is 0. The molecular formula is C19H25N3OS. The summed E-state index contributed by atoms with van der Waals surface area (Å²) in [6, 6.07) is 16.3. The first-order valence-corrected chi connectivity index (χ1v) is 8.40. The normalized spacial score (nSPS) is 10.2. The summed E-state index contributed by atoms with van der Waals surface area (Å²) in [4.78, 5) is 4.24. The Hall–Kier alpha value is -2.27. The Bertz CT molecular complexity index is 653. The largest absolute Gasteiger partial charge is 0.497 e. The van der Waals surface area contributed by atoms with Crippen molar-refractivity contribution < 1.29 is 4.74 Å². The van der Waals surface area contributed by atoms with E-state index in [0.29, 0.717) is 0 Å². The Kier molecular flexibility index (Phi) is 6.44. The molecule has 0 bridgehead atoms. The van der Waals surface area contributed by atoms with Gasteiger partial charge in [0.05, 0.1) is 7.11 Å².